The Bertz CT molecular complexity index is 723. The second-order valence-corrected chi connectivity index (χ2v) is 6.58. The summed E-state index contributed by atoms with van der Waals surface area (Å²) in [5.41, 5.74) is 3.27. The van der Waals surface area contributed by atoms with Gasteiger partial charge in [0.05, 0.1) is 6.42 Å². The monoisotopic (exact) mass is 344 g/mol. The summed E-state index contributed by atoms with van der Waals surface area (Å²) in [6.45, 7) is 5.12. The Kier molecular flexibility index (Phi) is 4.95. The van der Waals surface area contributed by atoms with Gasteiger partial charge in [0.25, 0.3) is 0 Å². The van der Waals surface area contributed by atoms with Crippen LogP contribution in [-0.4, -0.2) is 42.1 Å². The number of phenols is 1. The van der Waals surface area contributed by atoms with Gasteiger partial charge in [0.1, 0.15) is 5.75 Å². The summed E-state index contributed by atoms with van der Waals surface area (Å²) in [6, 6.07) is 12.7. The molecule has 1 aliphatic rings. The third-order valence-corrected chi connectivity index (χ3v) is 4.67. The molecule has 0 spiro atoms. The maximum Gasteiger partial charge on any atom is 0.227 e. The van der Waals surface area contributed by atoms with Gasteiger partial charge in [-0.15, -0.1) is 0 Å². The van der Waals surface area contributed by atoms with Crippen molar-refractivity contribution in [2.75, 3.05) is 31.1 Å². The minimum atomic E-state index is 0.128. The molecular formula is C19H21ClN2O2. The lowest BCUT2D eigenvalue weighted by Gasteiger charge is -2.37. The molecule has 5 heteroatoms. The SMILES string of the molecule is Cc1ccc(Cl)cc1N1CCN(C(=O)Cc2ccc(O)cc2)CC1. The standard InChI is InChI=1S/C19H21ClN2O2/c1-14-2-5-16(20)13-18(14)21-8-10-22(11-9-21)19(24)12-15-3-6-17(23)7-4-15/h2-7,13,23H,8-12H2,1H3. The second-order valence-electron chi connectivity index (χ2n) is 6.14. The first-order valence-corrected chi connectivity index (χ1v) is 8.47. The normalized spacial score (nSPS) is 14.8. The molecule has 0 bridgehead atoms. The number of hydrogen-bond acceptors (Lipinski definition) is 3. The Balaban J connectivity index is 1.59. The molecule has 0 radical (unpaired) electrons. The lowest BCUT2D eigenvalue weighted by molar-refractivity contribution is -0.130. The van der Waals surface area contributed by atoms with Crippen molar-refractivity contribution in [2.24, 2.45) is 0 Å². The molecule has 24 heavy (non-hydrogen) atoms. The zero-order chi connectivity index (χ0) is 17.1. The average molecular weight is 345 g/mol. The summed E-state index contributed by atoms with van der Waals surface area (Å²) >= 11 is 6.11. The van der Waals surface area contributed by atoms with E-state index in [0.29, 0.717) is 19.5 Å². The Hall–Kier alpha value is -2.20. The molecule has 3 rings (SSSR count). The Morgan fingerprint density at radius 3 is 2.42 bits per heavy atom. The van der Waals surface area contributed by atoms with Crippen LogP contribution in [0.15, 0.2) is 42.5 Å². The smallest absolute Gasteiger partial charge is 0.227 e. The fraction of sp³-hybridized carbons (Fsp3) is 0.316. The Labute approximate surface area is 147 Å². The number of halogens is 1. The van der Waals surface area contributed by atoms with Gasteiger partial charge in [0.15, 0.2) is 0 Å². The van der Waals surface area contributed by atoms with E-state index in [0.717, 1.165) is 29.4 Å². The first kappa shape index (κ1) is 16.7. The maximum atomic E-state index is 12.4. The van der Waals surface area contributed by atoms with Crippen LogP contribution in [0.1, 0.15) is 11.1 Å². The molecule has 0 unspecified atom stereocenters. The van der Waals surface area contributed by atoms with Gasteiger partial charge in [-0.2, -0.15) is 0 Å². The number of hydrogen-bond donors (Lipinski definition) is 1. The number of carbonyl (C=O) groups is 1. The van der Waals surface area contributed by atoms with Gasteiger partial charge in [-0.3, -0.25) is 4.79 Å². The predicted octanol–water partition coefficient (Wildman–Crippen LogP) is 3.25. The highest BCUT2D eigenvalue weighted by atomic mass is 35.5. The number of piperazine rings is 1. The third kappa shape index (κ3) is 3.82. The van der Waals surface area contributed by atoms with Crippen LogP contribution in [0.4, 0.5) is 5.69 Å². The fourth-order valence-electron chi connectivity index (χ4n) is 3.02. The number of anilines is 1. The van der Waals surface area contributed by atoms with Crippen LogP contribution < -0.4 is 4.90 Å². The van der Waals surface area contributed by atoms with E-state index in [9.17, 15) is 9.90 Å². The lowest BCUT2D eigenvalue weighted by atomic mass is 10.1. The van der Waals surface area contributed by atoms with Gasteiger partial charge >= 0.3 is 0 Å². The molecule has 0 atom stereocenters. The number of phenolic OH excluding ortho intramolecular Hbond substituents is 1. The number of aryl methyl sites for hydroxylation is 1. The summed E-state index contributed by atoms with van der Waals surface area (Å²) < 4.78 is 0. The van der Waals surface area contributed by atoms with Gasteiger partial charge in [0, 0.05) is 36.9 Å². The topological polar surface area (TPSA) is 43.8 Å². The zero-order valence-corrected chi connectivity index (χ0v) is 14.5. The molecule has 126 valence electrons. The van der Waals surface area contributed by atoms with E-state index in [4.69, 9.17) is 11.6 Å². The molecule has 1 aliphatic heterocycles. The highest BCUT2D eigenvalue weighted by Crippen LogP contribution is 2.25. The van der Waals surface area contributed by atoms with Crippen LogP contribution in [0.5, 0.6) is 5.75 Å². The minimum absolute atomic E-state index is 0.128. The number of nitrogens with zero attached hydrogens (tertiary/aromatic N) is 2. The Morgan fingerprint density at radius 2 is 1.75 bits per heavy atom. The summed E-state index contributed by atoms with van der Waals surface area (Å²) in [4.78, 5) is 16.6. The van der Waals surface area contributed by atoms with E-state index in [1.54, 1.807) is 24.3 Å². The van der Waals surface area contributed by atoms with Crippen LogP contribution in [0.2, 0.25) is 5.02 Å². The largest absolute Gasteiger partial charge is 0.508 e. The van der Waals surface area contributed by atoms with Crippen molar-refractivity contribution in [1.29, 1.82) is 0 Å². The zero-order valence-electron chi connectivity index (χ0n) is 13.7. The van der Waals surface area contributed by atoms with E-state index in [1.807, 2.05) is 23.1 Å². The van der Waals surface area contributed by atoms with E-state index in [1.165, 1.54) is 5.56 Å². The lowest BCUT2D eigenvalue weighted by Crippen LogP contribution is -2.49. The fourth-order valence-corrected chi connectivity index (χ4v) is 3.19. The van der Waals surface area contributed by atoms with Crippen LogP contribution >= 0.6 is 11.6 Å². The maximum absolute atomic E-state index is 12.4. The number of amides is 1. The number of aromatic hydroxyl groups is 1. The first-order valence-electron chi connectivity index (χ1n) is 8.10. The van der Waals surface area contributed by atoms with Gasteiger partial charge in [0.2, 0.25) is 5.91 Å². The number of benzene rings is 2. The summed E-state index contributed by atoms with van der Waals surface area (Å²) in [5, 5.41) is 10.0. The van der Waals surface area contributed by atoms with Crippen molar-refractivity contribution < 1.29 is 9.90 Å². The third-order valence-electron chi connectivity index (χ3n) is 4.44. The molecule has 1 fully saturated rings. The molecule has 1 N–H and O–H groups in total. The van der Waals surface area contributed by atoms with Gasteiger partial charge in [-0.25, -0.2) is 0 Å². The molecular weight excluding hydrogens is 324 g/mol. The van der Waals surface area contributed by atoms with Gasteiger partial charge in [-0.05, 0) is 42.3 Å². The van der Waals surface area contributed by atoms with Crippen LogP contribution in [0.25, 0.3) is 0 Å². The first-order chi connectivity index (χ1) is 11.5. The van der Waals surface area contributed by atoms with Crippen LogP contribution in [0.3, 0.4) is 0 Å². The van der Waals surface area contributed by atoms with E-state index in [2.05, 4.69) is 11.8 Å². The average Bonchev–Trinajstić information content (AvgIpc) is 2.59. The van der Waals surface area contributed by atoms with Crippen LogP contribution in [-0.2, 0) is 11.2 Å². The summed E-state index contributed by atoms with van der Waals surface area (Å²) in [6.07, 6.45) is 0.372. The molecule has 0 saturated carbocycles. The highest BCUT2D eigenvalue weighted by molar-refractivity contribution is 6.30. The molecule has 1 heterocycles. The molecule has 0 aromatic heterocycles. The quantitative estimate of drug-likeness (QED) is 0.929. The molecule has 0 aliphatic carbocycles. The van der Waals surface area contributed by atoms with E-state index < -0.39 is 0 Å². The van der Waals surface area contributed by atoms with Gasteiger partial charge < -0.3 is 14.9 Å². The van der Waals surface area contributed by atoms with E-state index in [-0.39, 0.29) is 11.7 Å². The van der Waals surface area contributed by atoms with Crippen molar-refractivity contribution in [3.8, 4) is 5.75 Å². The molecule has 4 nitrogen and oxygen atoms in total. The van der Waals surface area contributed by atoms with Crippen molar-refractivity contribution in [2.45, 2.75) is 13.3 Å². The predicted molar refractivity (Wildman–Crippen MR) is 96.8 cm³/mol. The minimum Gasteiger partial charge on any atom is -0.508 e. The highest BCUT2D eigenvalue weighted by Gasteiger charge is 2.22. The molecule has 1 saturated heterocycles. The molecule has 2 aromatic carbocycles. The van der Waals surface area contributed by atoms with E-state index >= 15 is 0 Å². The molecule has 2 aromatic rings. The summed E-state index contributed by atoms with van der Waals surface area (Å²) in [5.74, 6) is 0.347. The van der Waals surface area contributed by atoms with Gasteiger partial charge in [-0.1, -0.05) is 29.8 Å². The van der Waals surface area contributed by atoms with Crippen molar-refractivity contribution in [3.63, 3.8) is 0 Å². The number of carbonyl (C=O) groups excluding carboxylic acids is 1. The van der Waals surface area contributed by atoms with Crippen molar-refractivity contribution in [3.05, 3.63) is 58.6 Å². The number of rotatable bonds is 3. The summed E-state index contributed by atoms with van der Waals surface area (Å²) in [7, 11) is 0. The second kappa shape index (κ2) is 7.14. The Morgan fingerprint density at radius 1 is 1.08 bits per heavy atom. The molecule has 1 amide bonds. The van der Waals surface area contributed by atoms with Crippen molar-refractivity contribution in [1.82, 2.24) is 4.90 Å². The van der Waals surface area contributed by atoms with Crippen molar-refractivity contribution >= 4 is 23.2 Å². The van der Waals surface area contributed by atoms with Crippen LogP contribution in [0, 0.1) is 6.92 Å².